The maximum absolute atomic E-state index is 14.1. The van der Waals surface area contributed by atoms with Gasteiger partial charge in [0.05, 0.1) is 31.9 Å². The van der Waals surface area contributed by atoms with Crippen LogP contribution in [0.15, 0.2) is 72.8 Å². The topological polar surface area (TPSA) is 129 Å². The number of likely N-dealkylation sites (N-methyl/N-ethyl adjacent to an activating group) is 1. The molecule has 0 saturated carbocycles. The average molecular weight is 632 g/mol. The Morgan fingerprint density at radius 2 is 1.78 bits per heavy atom. The lowest BCUT2D eigenvalue weighted by Crippen LogP contribution is -2.45. The molecule has 1 spiro atoms. The van der Waals surface area contributed by atoms with E-state index in [2.05, 4.69) is 5.32 Å². The summed E-state index contributed by atoms with van der Waals surface area (Å²) in [6.45, 7) is 5.78. The molecule has 3 aromatic carbocycles. The number of carbonyl (C=O) groups excluding carboxylic acids is 3. The van der Waals surface area contributed by atoms with Crippen LogP contribution in [-0.2, 0) is 26.5 Å². The first-order valence-corrected chi connectivity index (χ1v) is 18.1. The minimum Gasteiger partial charge on any atom is -0.497 e. The van der Waals surface area contributed by atoms with Crippen molar-refractivity contribution >= 4 is 37.4 Å². The van der Waals surface area contributed by atoms with Crippen LogP contribution in [0.25, 0.3) is 0 Å². The highest BCUT2D eigenvalue weighted by Crippen LogP contribution is 2.59. The smallest absolute Gasteiger partial charge is 0.264 e. The number of methoxy groups -OCH3 is 1. The summed E-state index contributed by atoms with van der Waals surface area (Å²) in [6, 6.07) is 21.5. The first-order chi connectivity index (χ1) is 21.4. The minimum atomic E-state index is -3.00. The lowest BCUT2D eigenvalue weighted by molar-refractivity contribution is -0.149. The number of hydrogen-bond donors (Lipinski definition) is 3. The van der Waals surface area contributed by atoms with E-state index in [0.717, 1.165) is 5.56 Å². The van der Waals surface area contributed by atoms with Gasteiger partial charge < -0.3 is 34.5 Å². The second-order valence-corrected chi connectivity index (χ2v) is 16.3. The lowest BCUT2D eigenvalue weighted by atomic mass is 9.82. The predicted octanol–water partition coefficient (Wildman–Crippen LogP) is 4.13. The van der Waals surface area contributed by atoms with Gasteiger partial charge in [-0.25, -0.2) is 0 Å². The molecule has 1 fully saturated rings. The highest BCUT2D eigenvalue weighted by molar-refractivity contribution is 6.71. The Morgan fingerprint density at radius 3 is 2.40 bits per heavy atom. The minimum absolute atomic E-state index is 0.0548. The molecule has 3 aromatic rings. The molecule has 0 aromatic heterocycles. The second kappa shape index (κ2) is 12.8. The maximum atomic E-state index is 14.1. The summed E-state index contributed by atoms with van der Waals surface area (Å²) >= 11 is 0. The molecule has 45 heavy (non-hydrogen) atoms. The van der Waals surface area contributed by atoms with Gasteiger partial charge in [-0.15, -0.1) is 0 Å². The largest absolute Gasteiger partial charge is 0.497 e. The van der Waals surface area contributed by atoms with E-state index in [4.69, 9.17) is 9.47 Å². The van der Waals surface area contributed by atoms with Crippen LogP contribution in [0.2, 0.25) is 18.6 Å². The van der Waals surface area contributed by atoms with Crippen molar-refractivity contribution in [2.75, 3.05) is 37.5 Å². The number of amides is 3. The molecule has 2 aliphatic heterocycles. The Kier molecular flexibility index (Phi) is 9.18. The summed E-state index contributed by atoms with van der Waals surface area (Å²) in [5, 5.41) is 12.7. The fourth-order valence-electron chi connectivity index (χ4n) is 6.92. The van der Waals surface area contributed by atoms with Crippen LogP contribution in [0.4, 0.5) is 11.4 Å². The zero-order valence-electron chi connectivity index (χ0n) is 26.3. The summed E-state index contributed by atoms with van der Waals surface area (Å²) in [7, 11) is 0.238. The van der Waals surface area contributed by atoms with Crippen LogP contribution in [-0.4, -0.2) is 74.3 Å². The number of benzene rings is 3. The number of rotatable bonds is 10. The quantitative estimate of drug-likeness (QED) is 0.287. The molecule has 3 amide bonds. The fraction of sp³-hybridized carbons (Fsp3) is 0.382. The molecule has 238 valence electrons. The Labute approximate surface area is 264 Å². The van der Waals surface area contributed by atoms with Crippen LogP contribution in [0, 0.1) is 5.92 Å². The number of nitrogens with one attached hydrogen (secondary N) is 1. The molecule has 0 radical (unpaired) electrons. The molecule has 0 bridgehead atoms. The number of fused-ring (bicyclic) bond motifs is 2. The highest BCUT2D eigenvalue weighted by atomic mass is 28.4. The van der Waals surface area contributed by atoms with Crippen LogP contribution in [0.1, 0.15) is 34.8 Å². The SMILES string of the molecule is COc1ccc(C(=O)Nc2ccc3c(c2)[C@@]2(O[C@H](CC(=O)N(CCO)Cc4ccccc4)[C@@H]([Si](C)(C)O)[C@@H]2C)C(=O)N3C)cc1. The first kappa shape index (κ1) is 32.4. The third-order valence-corrected chi connectivity index (χ3v) is 11.5. The summed E-state index contributed by atoms with van der Waals surface area (Å²) in [6.07, 6.45) is -0.794. The van der Waals surface area contributed by atoms with E-state index in [1.54, 1.807) is 79.5 Å². The highest BCUT2D eigenvalue weighted by Gasteiger charge is 2.66. The van der Waals surface area contributed by atoms with Crippen LogP contribution in [0.5, 0.6) is 5.75 Å². The molecule has 3 N–H and O–H groups in total. The molecule has 4 atom stereocenters. The van der Waals surface area contributed by atoms with Gasteiger partial charge in [0.15, 0.2) is 13.9 Å². The van der Waals surface area contributed by atoms with Gasteiger partial charge in [-0.3, -0.25) is 14.4 Å². The summed E-state index contributed by atoms with van der Waals surface area (Å²) in [5.41, 5.74) is 1.19. The van der Waals surface area contributed by atoms with Crippen molar-refractivity contribution < 1.29 is 33.8 Å². The summed E-state index contributed by atoms with van der Waals surface area (Å²) in [4.78, 5) is 55.6. The van der Waals surface area contributed by atoms with Gasteiger partial charge in [-0.1, -0.05) is 37.3 Å². The van der Waals surface area contributed by atoms with Crippen LogP contribution in [0.3, 0.4) is 0 Å². The van der Waals surface area contributed by atoms with Crippen molar-refractivity contribution in [3.63, 3.8) is 0 Å². The third-order valence-electron chi connectivity index (χ3n) is 9.04. The van der Waals surface area contributed by atoms with Crippen molar-refractivity contribution in [3.8, 4) is 5.75 Å². The third kappa shape index (κ3) is 6.13. The average Bonchev–Trinajstić information content (AvgIpc) is 3.43. The first-order valence-electron chi connectivity index (χ1n) is 15.1. The molecule has 2 heterocycles. The molecule has 5 rings (SSSR count). The molecule has 0 aliphatic carbocycles. The predicted molar refractivity (Wildman–Crippen MR) is 174 cm³/mol. The molecule has 10 nitrogen and oxygen atoms in total. The number of hydrogen-bond acceptors (Lipinski definition) is 7. The molecular weight excluding hydrogens is 590 g/mol. The number of carbonyl (C=O) groups is 3. The van der Waals surface area contributed by atoms with E-state index in [1.165, 1.54) is 0 Å². The van der Waals surface area contributed by atoms with Gasteiger partial charge in [0.2, 0.25) is 5.91 Å². The van der Waals surface area contributed by atoms with E-state index in [-0.39, 0.29) is 37.3 Å². The second-order valence-electron chi connectivity index (χ2n) is 12.4. The van der Waals surface area contributed by atoms with E-state index >= 15 is 0 Å². The molecule has 11 heteroatoms. The standard InChI is InChI=1S/C34H41N3O7Si/c1-22-31(45(4,5)42)29(20-30(39)37(17-18-38)21-23-9-7-6-8-10-23)44-34(22)27-19-25(13-16-28(27)36(2)33(34)41)35-32(40)24-11-14-26(43-3)15-12-24/h6-16,19,22,29,31,38,42H,17-18,20-21H2,1-5H3,(H,35,40)/t22-,29+,31-,34+/m0/s1. The Hall–Kier alpha value is -4.03. The molecule has 1 saturated heterocycles. The lowest BCUT2D eigenvalue weighted by Gasteiger charge is -2.32. The van der Waals surface area contributed by atoms with Crippen LogP contribution < -0.4 is 15.0 Å². The molecule has 2 aliphatic rings. The Balaban J connectivity index is 1.46. The van der Waals surface area contributed by atoms with Crippen molar-refractivity contribution in [1.82, 2.24) is 4.90 Å². The van der Waals surface area contributed by atoms with Crippen molar-refractivity contribution in [2.24, 2.45) is 5.92 Å². The van der Waals surface area contributed by atoms with E-state index in [1.807, 2.05) is 37.3 Å². The summed E-state index contributed by atoms with van der Waals surface area (Å²) < 4.78 is 11.9. The van der Waals surface area contributed by atoms with Gasteiger partial charge in [0.1, 0.15) is 5.75 Å². The van der Waals surface area contributed by atoms with E-state index in [0.29, 0.717) is 34.8 Å². The van der Waals surface area contributed by atoms with Gasteiger partial charge in [0, 0.05) is 48.4 Å². The van der Waals surface area contributed by atoms with Gasteiger partial charge in [0.25, 0.3) is 11.8 Å². The number of aliphatic hydroxyl groups excluding tert-OH is 1. The number of anilines is 2. The zero-order valence-corrected chi connectivity index (χ0v) is 27.3. The number of ether oxygens (including phenoxy) is 2. The van der Waals surface area contributed by atoms with Crippen LogP contribution >= 0.6 is 0 Å². The van der Waals surface area contributed by atoms with Crippen molar-refractivity contribution in [2.45, 2.75) is 50.2 Å². The monoisotopic (exact) mass is 631 g/mol. The van der Waals surface area contributed by atoms with E-state index < -0.39 is 31.5 Å². The Bertz CT molecular complexity index is 1560. The van der Waals surface area contributed by atoms with Crippen molar-refractivity contribution in [3.05, 3.63) is 89.5 Å². The zero-order chi connectivity index (χ0) is 32.5. The van der Waals surface area contributed by atoms with Gasteiger partial charge >= 0.3 is 0 Å². The van der Waals surface area contributed by atoms with Crippen molar-refractivity contribution in [1.29, 1.82) is 0 Å². The fourth-order valence-corrected chi connectivity index (χ4v) is 9.48. The maximum Gasteiger partial charge on any atom is 0.264 e. The number of nitrogens with zero attached hydrogens (tertiary/aromatic N) is 2. The Morgan fingerprint density at radius 1 is 1.09 bits per heavy atom. The number of aliphatic hydroxyl groups is 1. The molecular formula is C34H41N3O7Si. The van der Waals surface area contributed by atoms with E-state index in [9.17, 15) is 24.3 Å². The normalized spacial score (nSPS) is 22.4. The molecule has 0 unspecified atom stereocenters. The van der Waals surface area contributed by atoms with Gasteiger partial charge in [-0.2, -0.15) is 0 Å². The van der Waals surface area contributed by atoms with Gasteiger partial charge in [-0.05, 0) is 61.1 Å². The summed E-state index contributed by atoms with van der Waals surface area (Å²) in [5.74, 6) is -0.663.